The Balaban J connectivity index is 2.73. The summed E-state index contributed by atoms with van der Waals surface area (Å²) in [5, 5.41) is 0. The van der Waals surface area contributed by atoms with E-state index in [0.717, 1.165) is 13.0 Å². The fraction of sp³-hybridized carbons (Fsp3) is 1.00. The number of likely N-dealkylation sites (N-methyl/N-ethyl adjacent to an activating group) is 1. The monoisotopic (exact) mass is 241 g/mol. The molecule has 0 amide bonds. The van der Waals surface area contributed by atoms with Crippen molar-refractivity contribution in [1.29, 1.82) is 0 Å². The topological polar surface area (TPSA) is 46.6 Å². The molecule has 1 unspecified atom stereocenters. The molecule has 0 radical (unpaired) electrons. The van der Waals surface area contributed by atoms with E-state index >= 15 is 0 Å². The Bertz CT molecular complexity index is 289. The van der Waals surface area contributed by atoms with Gasteiger partial charge in [0.1, 0.15) is 0 Å². The van der Waals surface area contributed by atoms with Gasteiger partial charge in [-0.2, -0.15) is 0 Å². The summed E-state index contributed by atoms with van der Waals surface area (Å²) < 4.78 is 27.6. The SMILES string of the molecule is CCOC1(CS(=O)(=O)Cl)CCN(C)C1. The molecule has 14 heavy (non-hydrogen) atoms. The Morgan fingerprint density at radius 1 is 1.57 bits per heavy atom. The summed E-state index contributed by atoms with van der Waals surface area (Å²) in [7, 11) is 3.71. The van der Waals surface area contributed by atoms with Crippen LogP contribution in [-0.4, -0.2) is 51.4 Å². The largest absolute Gasteiger partial charge is 0.373 e. The van der Waals surface area contributed by atoms with Crippen molar-refractivity contribution in [1.82, 2.24) is 4.90 Å². The molecule has 0 aromatic heterocycles. The van der Waals surface area contributed by atoms with Crippen molar-refractivity contribution in [3.8, 4) is 0 Å². The van der Waals surface area contributed by atoms with Crippen LogP contribution in [0.25, 0.3) is 0 Å². The minimum atomic E-state index is -3.49. The van der Waals surface area contributed by atoms with Crippen molar-refractivity contribution >= 4 is 19.7 Å². The fourth-order valence-corrected chi connectivity index (χ4v) is 3.49. The first kappa shape index (κ1) is 12.2. The molecule has 6 heteroatoms. The molecule has 0 saturated carbocycles. The van der Waals surface area contributed by atoms with Crippen LogP contribution < -0.4 is 0 Å². The quantitative estimate of drug-likeness (QED) is 0.679. The predicted octanol–water partition coefficient (Wildman–Crippen LogP) is 0.666. The Hall–Kier alpha value is 0.160. The predicted molar refractivity (Wildman–Crippen MR) is 56.1 cm³/mol. The van der Waals surface area contributed by atoms with E-state index in [2.05, 4.69) is 4.90 Å². The molecule has 0 aromatic rings. The highest BCUT2D eigenvalue weighted by Crippen LogP contribution is 2.27. The summed E-state index contributed by atoms with van der Waals surface area (Å²) in [6.45, 7) is 3.86. The highest BCUT2D eigenvalue weighted by molar-refractivity contribution is 8.13. The molecule has 0 aromatic carbocycles. The minimum absolute atomic E-state index is 0.0975. The average molecular weight is 242 g/mol. The summed E-state index contributed by atoms with van der Waals surface area (Å²) >= 11 is 0. The van der Waals surface area contributed by atoms with Crippen molar-refractivity contribution < 1.29 is 13.2 Å². The third-order valence-corrected chi connectivity index (χ3v) is 3.59. The van der Waals surface area contributed by atoms with Gasteiger partial charge in [-0.1, -0.05) is 0 Å². The lowest BCUT2D eigenvalue weighted by atomic mass is 10.1. The number of nitrogens with zero attached hydrogens (tertiary/aromatic N) is 1. The van der Waals surface area contributed by atoms with E-state index in [1.54, 1.807) is 0 Å². The molecule has 1 heterocycles. The lowest BCUT2D eigenvalue weighted by Gasteiger charge is -2.27. The van der Waals surface area contributed by atoms with Gasteiger partial charge in [-0.05, 0) is 20.4 Å². The zero-order chi connectivity index (χ0) is 10.8. The first-order valence-corrected chi connectivity index (χ1v) is 7.09. The zero-order valence-electron chi connectivity index (χ0n) is 8.49. The molecule has 1 saturated heterocycles. The lowest BCUT2D eigenvalue weighted by molar-refractivity contribution is -0.0117. The van der Waals surface area contributed by atoms with Gasteiger partial charge in [0.2, 0.25) is 9.05 Å². The third kappa shape index (κ3) is 3.38. The van der Waals surface area contributed by atoms with Gasteiger partial charge in [0, 0.05) is 30.4 Å². The van der Waals surface area contributed by atoms with Crippen molar-refractivity contribution in [2.24, 2.45) is 0 Å². The number of rotatable bonds is 4. The number of ether oxygens (including phenoxy) is 1. The first-order valence-electron chi connectivity index (χ1n) is 4.62. The minimum Gasteiger partial charge on any atom is -0.373 e. The van der Waals surface area contributed by atoms with Gasteiger partial charge in [0.25, 0.3) is 0 Å². The van der Waals surface area contributed by atoms with Crippen molar-refractivity contribution in [2.45, 2.75) is 18.9 Å². The van der Waals surface area contributed by atoms with Crippen molar-refractivity contribution in [3.63, 3.8) is 0 Å². The molecule has 0 aliphatic carbocycles. The second-order valence-corrected chi connectivity index (χ2v) is 6.56. The molecule has 1 rings (SSSR count). The molecule has 1 fully saturated rings. The lowest BCUT2D eigenvalue weighted by Crippen LogP contribution is -2.41. The summed E-state index contributed by atoms with van der Waals surface area (Å²) in [6.07, 6.45) is 0.725. The summed E-state index contributed by atoms with van der Waals surface area (Å²) in [5.41, 5.74) is -0.593. The Morgan fingerprint density at radius 3 is 2.57 bits per heavy atom. The van der Waals surface area contributed by atoms with E-state index in [1.165, 1.54) is 0 Å². The molecule has 0 bridgehead atoms. The molecule has 84 valence electrons. The number of hydrogen-bond acceptors (Lipinski definition) is 4. The fourth-order valence-electron chi connectivity index (χ4n) is 1.94. The summed E-state index contributed by atoms with van der Waals surface area (Å²) in [4.78, 5) is 2.05. The molecular formula is C8H16ClNO3S. The van der Waals surface area contributed by atoms with Crippen LogP contribution in [0, 0.1) is 0 Å². The van der Waals surface area contributed by atoms with Gasteiger partial charge in [-0.15, -0.1) is 0 Å². The van der Waals surface area contributed by atoms with Gasteiger partial charge >= 0.3 is 0 Å². The van der Waals surface area contributed by atoms with Crippen LogP contribution in [0.3, 0.4) is 0 Å². The molecule has 0 spiro atoms. The van der Waals surface area contributed by atoms with Gasteiger partial charge < -0.3 is 9.64 Å². The Kier molecular flexibility index (Phi) is 3.80. The van der Waals surface area contributed by atoms with Crippen LogP contribution in [-0.2, 0) is 13.8 Å². The van der Waals surface area contributed by atoms with E-state index in [-0.39, 0.29) is 5.75 Å². The standard InChI is InChI=1S/C8H16ClNO3S/c1-3-13-8(7-14(9,11)12)4-5-10(2)6-8/h3-7H2,1-2H3. The molecule has 4 nitrogen and oxygen atoms in total. The molecule has 1 aliphatic rings. The smallest absolute Gasteiger partial charge is 0.235 e. The van der Waals surface area contributed by atoms with E-state index in [1.807, 2.05) is 14.0 Å². The van der Waals surface area contributed by atoms with Crippen LogP contribution >= 0.6 is 10.7 Å². The number of hydrogen-bond donors (Lipinski definition) is 0. The maximum absolute atomic E-state index is 11.0. The zero-order valence-corrected chi connectivity index (χ0v) is 10.1. The van der Waals surface area contributed by atoms with Gasteiger partial charge in [-0.25, -0.2) is 8.42 Å². The highest BCUT2D eigenvalue weighted by Gasteiger charge is 2.40. The van der Waals surface area contributed by atoms with Crippen molar-refractivity contribution in [3.05, 3.63) is 0 Å². The van der Waals surface area contributed by atoms with Crippen molar-refractivity contribution in [2.75, 3.05) is 32.5 Å². The number of halogens is 1. The second-order valence-electron chi connectivity index (χ2n) is 3.79. The van der Waals surface area contributed by atoms with E-state index in [0.29, 0.717) is 13.2 Å². The van der Waals surface area contributed by atoms with Crippen LogP contribution in [0.4, 0.5) is 0 Å². The summed E-state index contributed by atoms with van der Waals surface area (Å²) in [6, 6.07) is 0. The van der Waals surface area contributed by atoms with E-state index < -0.39 is 14.7 Å². The van der Waals surface area contributed by atoms with Crippen LogP contribution in [0.15, 0.2) is 0 Å². The molecule has 1 aliphatic heterocycles. The highest BCUT2D eigenvalue weighted by atomic mass is 35.7. The Morgan fingerprint density at radius 2 is 2.21 bits per heavy atom. The maximum Gasteiger partial charge on any atom is 0.235 e. The van der Waals surface area contributed by atoms with Gasteiger partial charge in [0.15, 0.2) is 0 Å². The number of likely N-dealkylation sites (tertiary alicyclic amines) is 1. The van der Waals surface area contributed by atoms with Gasteiger partial charge in [-0.3, -0.25) is 0 Å². The molecule has 1 atom stereocenters. The second kappa shape index (κ2) is 4.35. The normalized spacial score (nSPS) is 29.6. The van der Waals surface area contributed by atoms with Gasteiger partial charge in [0.05, 0.1) is 11.4 Å². The maximum atomic E-state index is 11.0. The van der Waals surface area contributed by atoms with Crippen LogP contribution in [0.1, 0.15) is 13.3 Å². The van der Waals surface area contributed by atoms with E-state index in [4.69, 9.17) is 15.4 Å². The summed E-state index contributed by atoms with van der Waals surface area (Å²) in [5.74, 6) is -0.0975. The average Bonchev–Trinajstić information content (AvgIpc) is 2.28. The molecular weight excluding hydrogens is 226 g/mol. The molecule has 0 N–H and O–H groups in total. The first-order chi connectivity index (χ1) is 6.37. The van der Waals surface area contributed by atoms with E-state index in [9.17, 15) is 8.42 Å². The van der Waals surface area contributed by atoms with Crippen LogP contribution in [0.5, 0.6) is 0 Å². The Labute approximate surface area is 89.6 Å². The van der Waals surface area contributed by atoms with Crippen LogP contribution in [0.2, 0.25) is 0 Å². The third-order valence-electron chi connectivity index (χ3n) is 2.39.